The number of hydrogen-bond donors (Lipinski definition) is 2. The van der Waals surface area contributed by atoms with Crippen molar-refractivity contribution in [2.45, 2.75) is 6.42 Å². The Bertz CT molecular complexity index is 330. The molecule has 2 N–H and O–H groups in total. The summed E-state index contributed by atoms with van der Waals surface area (Å²) in [5.74, 6) is 0. The van der Waals surface area contributed by atoms with E-state index in [-0.39, 0.29) is 0 Å². The average Bonchev–Trinajstić information content (AvgIpc) is 2.26. The van der Waals surface area contributed by atoms with Gasteiger partial charge in [-0.3, -0.25) is 4.79 Å². The van der Waals surface area contributed by atoms with Crippen molar-refractivity contribution in [3.05, 3.63) is 29.8 Å². The van der Waals surface area contributed by atoms with Gasteiger partial charge in [0.25, 0.3) is 0 Å². The van der Waals surface area contributed by atoms with Crippen LogP contribution in [0.15, 0.2) is 24.3 Å². The van der Waals surface area contributed by atoms with E-state index in [0.29, 0.717) is 18.4 Å². The molecule has 15 heavy (non-hydrogen) atoms. The Balaban J connectivity index is 2.61. The van der Waals surface area contributed by atoms with E-state index >= 15 is 0 Å². The van der Waals surface area contributed by atoms with Crippen LogP contribution in [0.3, 0.4) is 0 Å². The molecule has 0 atom stereocenters. The van der Waals surface area contributed by atoms with Crippen LogP contribution in [0.4, 0.5) is 0 Å². The fraction of sp³-hybridized carbons (Fsp3) is 0.300. The number of carbonyl (C=O) groups is 1. The topological polar surface area (TPSA) is 60.8 Å². The van der Waals surface area contributed by atoms with Crippen LogP contribution in [0.25, 0.3) is 0 Å². The maximum Gasteiger partial charge on any atom is 0.488 e. The highest BCUT2D eigenvalue weighted by Crippen LogP contribution is 1.99. The molecule has 5 heteroatoms. The van der Waals surface area contributed by atoms with Crippen LogP contribution in [0, 0.1) is 0 Å². The highest BCUT2D eigenvalue weighted by atomic mass is 16.4. The summed E-state index contributed by atoms with van der Waals surface area (Å²) in [6, 6.07) is 7.04. The maximum absolute atomic E-state index is 10.3. The summed E-state index contributed by atoms with van der Waals surface area (Å²) in [6.45, 7) is 0.620. The van der Waals surface area contributed by atoms with Crippen LogP contribution in [-0.4, -0.2) is 42.1 Å². The third kappa shape index (κ3) is 3.73. The maximum atomic E-state index is 10.3. The number of nitrogens with zero attached hydrogens (tertiary/aromatic N) is 1. The Morgan fingerprint density at radius 2 is 2.20 bits per heavy atom. The number of amides is 1. The van der Waals surface area contributed by atoms with E-state index in [0.717, 1.165) is 12.0 Å². The summed E-state index contributed by atoms with van der Waals surface area (Å²) in [7, 11) is 0.270. The number of likely N-dealkylation sites (N-methyl/N-ethyl adjacent to an activating group) is 1. The average molecular weight is 207 g/mol. The summed E-state index contributed by atoms with van der Waals surface area (Å²) in [5.41, 5.74) is 1.45. The highest BCUT2D eigenvalue weighted by Gasteiger charge is 2.10. The molecule has 1 aromatic carbocycles. The molecular weight excluding hydrogens is 193 g/mol. The molecule has 1 amide bonds. The van der Waals surface area contributed by atoms with Crippen LogP contribution in [0.1, 0.15) is 5.56 Å². The van der Waals surface area contributed by atoms with Gasteiger partial charge in [0.15, 0.2) is 0 Å². The zero-order valence-electron chi connectivity index (χ0n) is 8.63. The van der Waals surface area contributed by atoms with Crippen molar-refractivity contribution in [1.82, 2.24) is 4.90 Å². The van der Waals surface area contributed by atoms with Crippen molar-refractivity contribution >= 4 is 19.0 Å². The minimum absolute atomic E-state index is 0.473. The van der Waals surface area contributed by atoms with Crippen molar-refractivity contribution in [2.75, 3.05) is 13.6 Å². The second-order valence-electron chi connectivity index (χ2n) is 3.45. The number of benzene rings is 1. The van der Waals surface area contributed by atoms with Gasteiger partial charge in [-0.25, -0.2) is 0 Å². The molecule has 4 nitrogen and oxygen atoms in total. The normalized spacial score (nSPS) is 9.80. The third-order valence-corrected chi connectivity index (χ3v) is 2.18. The van der Waals surface area contributed by atoms with Crippen LogP contribution >= 0.6 is 0 Å². The monoisotopic (exact) mass is 207 g/mol. The molecule has 0 fully saturated rings. The SMILES string of the molecule is CN(C=O)CCc1cccc(B(O)O)c1. The Kier molecular flexibility index (Phi) is 4.33. The lowest BCUT2D eigenvalue weighted by atomic mass is 9.79. The largest absolute Gasteiger partial charge is 0.488 e. The van der Waals surface area contributed by atoms with Crippen molar-refractivity contribution in [2.24, 2.45) is 0 Å². The Morgan fingerprint density at radius 1 is 1.47 bits per heavy atom. The number of carbonyl (C=O) groups excluding carboxylic acids is 1. The lowest BCUT2D eigenvalue weighted by molar-refractivity contribution is -0.116. The van der Waals surface area contributed by atoms with Gasteiger partial charge in [-0.15, -0.1) is 0 Å². The molecule has 0 bridgehead atoms. The molecule has 0 unspecified atom stereocenters. The van der Waals surface area contributed by atoms with Crippen LogP contribution in [0.2, 0.25) is 0 Å². The first-order chi connectivity index (χ1) is 7.13. The molecule has 0 aromatic heterocycles. The quantitative estimate of drug-likeness (QED) is 0.480. The standard InChI is InChI=1S/C10H14BNO3/c1-12(8-13)6-5-9-3-2-4-10(7-9)11(14)15/h2-4,7-8,14-15H,5-6H2,1H3. The first-order valence-electron chi connectivity index (χ1n) is 4.74. The van der Waals surface area contributed by atoms with E-state index < -0.39 is 7.12 Å². The van der Waals surface area contributed by atoms with Gasteiger partial charge in [-0.1, -0.05) is 24.3 Å². The Labute approximate surface area is 89.3 Å². The van der Waals surface area contributed by atoms with Gasteiger partial charge in [-0.05, 0) is 17.4 Å². The van der Waals surface area contributed by atoms with E-state index in [1.54, 1.807) is 30.1 Å². The first kappa shape index (κ1) is 11.7. The minimum Gasteiger partial charge on any atom is -0.423 e. The van der Waals surface area contributed by atoms with Gasteiger partial charge in [0.05, 0.1) is 0 Å². The van der Waals surface area contributed by atoms with E-state index in [4.69, 9.17) is 10.0 Å². The summed E-state index contributed by atoms with van der Waals surface area (Å²) < 4.78 is 0. The fourth-order valence-electron chi connectivity index (χ4n) is 1.27. The molecule has 0 saturated carbocycles. The fourth-order valence-corrected chi connectivity index (χ4v) is 1.27. The van der Waals surface area contributed by atoms with Crippen molar-refractivity contribution in [3.63, 3.8) is 0 Å². The molecule has 1 rings (SSSR count). The van der Waals surface area contributed by atoms with Gasteiger partial charge >= 0.3 is 7.12 Å². The predicted octanol–water partition coefficient (Wildman–Crippen LogP) is -1.00. The second-order valence-corrected chi connectivity index (χ2v) is 3.45. The van der Waals surface area contributed by atoms with Gasteiger partial charge in [-0.2, -0.15) is 0 Å². The predicted molar refractivity (Wildman–Crippen MR) is 58.7 cm³/mol. The van der Waals surface area contributed by atoms with Crippen molar-refractivity contribution < 1.29 is 14.8 Å². The zero-order chi connectivity index (χ0) is 11.3. The number of hydrogen-bond acceptors (Lipinski definition) is 3. The lowest BCUT2D eigenvalue weighted by Crippen LogP contribution is -2.30. The molecule has 80 valence electrons. The van der Waals surface area contributed by atoms with E-state index in [1.807, 2.05) is 6.07 Å². The smallest absolute Gasteiger partial charge is 0.423 e. The van der Waals surface area contributed by atoms with Crippen molar-refractivity contribution in [3.8, 4) is 0 Å². The van der Waals surface area contributed by atoms with E-state index in [9.17, 15) is 4.79 Å². The van der Waals surface area contributed by atoms with Crippen LogP contribution in [-0.2, 0) is 11.2 Å². The molecule has 0 spiro atoms. The van der Waals surface area contributed by atoms with Gasteiger partial charge in [0, 0.05) is 13.6 Å². The summed E-state index contributed by atoms with van der Waals surface area (Å²) in [5, 5.41) is 17.9. The minimum atomic E-state index is -1.44. The molecule has 0 heterocycles. The highest BCUT2D eigenvalue weighted by molar-refractivity contribution is 6.58. The third-order valence-electron chi connectivity index (χ3n) is 2.18. The lowest BCUT2D eigenvalue weighted by Gasteiger charge is -2.10. The van der Waals surface area contributed by atoms with E-state index in [2.05, 4.69) is 0 Å². The van der Waals surface area contributed by atoms with Gasteiger partial charge in [0.2, 0.25) is 6.41 Å². The molecule has 0 aliphatic carbocycles. The van der Waals surface area contributed by atoms with Crippen LogP contribution < -0.4 is 5.46 Å². The molecule has 0 saturated heterocycles. The summed E-state index contributed by atoms with van der Waals surface area (Å²) in [6.07, 6.45) is 1.47. The molecule has 1 aromatic rings. The molecule has 0 aliphatic rings. The molecule has 0 radical (unpaired) electrons. The first-order valence-corrected chi connectivity index (χ1v) is 4.74. The summed E-state index contributed by atoms with van der Waals surface area (Å²) in [4.78, 5) is 11.9. The van der Waals surface area contributed by atoms with E-state index in [1.165, 1.54) is 0 Å². The zero-order valence-corrected chi connectivity index (χ0v) is 8.63. The van der Waals surface area contributed by atoms with Gasteiger partial charge < -0.3 is 14.9 Å². The second kappa shape index (κ2) is 5.53. The Morgan fingerprint density at radius 3 is 2.80 bits per heavy atom. The van der Waals surface area contributed by atoms with Crippen LogP contribution in [0.5, 0.6) is 0 Å². The Hall–Kier alpha value is -1.33. The summed E-state index contributed by atoms with van der Waals surface area (Å²) >= 11 is 0. The van der Waals surface area contributed by atoms with Gasteiger partial charge in [0.1, 0.15) is 0 Å². The molecule has 0 aliphatic heterocycles. The molecular formula is C10H14BNO3. The van der Waals surface area contributed by atoms with Crippen molar-refractivity contribution in [1.29, 1.82) is 0 Å². The number of rotatable bonds is 5.